The van der Waals surface area contributed by atoms with E-state index in [1.165, 1.54) is 0 Å². The third-order valence-electron chi connectivity index (χ3n) is 2.65. The van der Waals surface area contributed by atoms with Crippen molar-refractivity contribution in [1.29, 1.82) is 0 Å². The van der Waals surface area contributed by atoms with Crippen LogP contribution in [-0.2, 0) is 6.54 Å². The molecule has 0 amide bonds. The van der Waals surface area contributed by atoms with Gasteiger partial charge in [-0.2, -0.15) is 5.10 Å². The van der Waals surface area contributed by atoms with Crippen molar-refractivity contribution in [3.63, 3.8) is 0 Å². The summed E-state index contributed by atoms with van der Waals surface area (Å²) in [5.74, 6) is 7.26. The van der Waals surface area contributed by atoms with Gasteiger partial charge >= 0.3 is 0 Å². The minimum absolute atomic E-state index is 0.144. The van der Waals surface area contributed by atoms with E-state index in [9.17, 15) is 0 Å². The molecule has 0 aliphatic rings. The van der Waals surface area contributed by atoms with Crippen molar-refractivity contribution in [3.8, 4) is 0 Å². The molecule has 92 valence electrons. The summed E-state index contributed by atoms with van der Waals surface area (Å²) in [4.78, 5) is 0. The maximum absolute atomic E-state index is 5.58. The van der Waals surface area contributed by atoms with E-state index < -0.39 is 0 Å². The number of nitrogens with one attached hydrogen (secondary N) is 1. The highest BCUT2D eigenvalue weighted by Gasteiger charge is 2.17. The van der Waals surface area contributed by atoms with Gasteiger partial charge in [0, 0.05) is 18.3 Å². The van der Waals surface area contributed by atoms with Gasteiger partial charge in [0.15, 0.2) is 0 Å². The maximum Gasteiger partial charge on any atom is 0.127 e. The molecular weight excluding hydrogens is 216 g/mol. The summed E-state index contributed by atoms with van der Waals surface area (Å²) in [5.41, 5.74) is 3.77. The monoisotopic (exact) mass is 234 g/mol. The van der Waals surface area contributed by atoms with Crippen molar-refractivity contribution in [1.82, 2.24) is 15.2 Å². The van der Waals surface area contributed by atoms with E-state index in [1.54, 1.807) is 0 Å². The molecule has 1 atom stereocenters. The highest BCUT2D eigenvalue weighted by atomic mass is 16.3. The molecule has 1 unspecified atom stereocenters. The van der Waals surface area contributed by atoms with E-state index in [1.807, 2.05) is 36.1 Å². The fourth-order valence-corrected chi connectivity index (χ4v) is 1.83. The molecule has 17 heavy (non-hydrogen) atoms. The molecule has 0 bridgehead atoms. The third-order valence-corrected chi connectivity index (χ3v) is 2.65. The third kappa shape index (κ3) is 2.57. The Morgan fingerprint density at radius 1 is 1.53 bits per heavy atom. The Labute approximate surface area is 101 Å². The van der Waals surface area contributed by atoms with E-state index in [-0.39, 0.29) is 6.04 Å². The van der Waals surface area contributed by atoms with Gasteiger partial charge in [0.2, 0.25) is 0 Å². The minimum atomic E-state index is -0.144. The van der Waals surface area contributed by atoms with Gasteiger partial charge in [-0.15, -0.1) is 0 Å². The Hall–Kier alpha value is -1.59. The van der Waals surface area contributed by atoms with Crippen LogP contribution in [0.25, 0.3) is 0 Å². The van der Waals surface area contributed by atoms with E-state index >= 15 is 0 Å². The zero-order valence-electron chi connectivity index (χ0n) is 10.2. The number of nitrogens with two attached hydrogens (primary N) is 1. The first-order chi connectivity index (χ1) is 8.24. The van der Waals surface area contributed by atoms with Crippen LogP contribution in [-0.4, -0.2) is 9.78 Å². The maximum atomic E-state index is 5.58. The van der Waals surface area contributed by atoms with Gasteiger partial charge in [-0.1, -0.05) is 6.92 Å². The highest BCUT2D eigenvalue weighted by molar-refractivity contribution is 5.22. The van der Waals surface area contributed by atoms with Crippen LogP contribution in [0.5, 0.6) is 0 Å². The summed E-state index contributed by atoms with van der Waals surface area (Å²) in [6, 6.07) is 3.71. The second kappa shape index (κ2) is 5.16. The normalized spacial score (nSPS) is 12.9. The van der Waals surface area contributed by atoms with Crippen LogP contribution in [0.3, 0.4) is 0 Å². The van der Waals surface area contributed by atoms with Crippen molar-refractivity contribution in [2.75, 3.05) is 0 Å². The number of rotatable bonds is 5. The van der Waals surface area contributed by atoms with Gasteiger partial charge in [-0.3, -0.25) is 10.5 Å². The Balaban J connectivity index is 2.22. The van der Waals surface area contributed by atoms with E-state index in [0.29, 0.717) is 0 Å². The van der Waals surface area contributed by atoms with Gasteiger partial charge in [0.25, 0.3) is 0 Å². The summed E-state index contributed by atoms with van der Waals surface area (Å²) >= 11 is 0. The molecule has 5 nitrogen and oxygen atoms in total. The Kier molecular flexibility index (Phi) is 3.61. The molecule has 0 saturated heterocycles. The number of hydrogen-bond acceptors (Lipinski definition) is 4. The van der Waals surface area contributed by atoms with Crippen molar-refractivity contribution >= 4 is 0 Å². The standard InChI is InChI=1S/C12H18N4O/c1-3-6-16-8-10(7-14-16)12(15-13)11-5-4-9(2)17-11/h4-5,7-8,12,15H,3,6,13H2,1-2H3. The first-order valence-corrected chi connectivity index (χ1v) is 5.79. The molecule has 2 aromatic heterocycles. The number of nitrogens with zero attached hydrogens (tertiary/aromatic N) is 2. The average Bonchev–Trinajstić information content (AvgIpc) is 2.91. The van der Waals surface area contributed by atoms with Gasteiger partial charge in [-0.05, 0) is 25.5 Å². The number of hydrogen-bond donors (Lipinski definition) is 2. The van der Waals surface area contributed by atoms with Gasteiger partial charge in [-0.25, -0.2) is 5.43 Å². The number of aryl methyl sites for hydroxylation is 2. The van der Waals surface area contributed by atoms with Crippen molar-refractivity contribution < 1.29 is 4.42 Å². The summed E-state index contributed by atoms with van der Waals surface area (Å²) in [6.45, 7) is 4.95. The largest absolute Gasteiger partial charge is 0.464 e. The lowest BCUT2D eigenvalue weighted by Gasteiger charge is -2.10. The summed E-state index contributed by atoms with van der Waals surface area (Å²) in [5, 5.41) is 4.29. The van der Waals surface area contributed by atoms with E-state index in [0.717, 1.165) is 30.0 Å². The number of furan rings is 1. The molecule has 5 heteroatoms. The summed E-state index contributed by atoms with van der Waals surface area (Å²) in [7, 11) is 0. The van der Waals surface area contributed by atoms with Crippen molar-refractivity contribution in [3.05, 3.63) is 41.6 Å². The molecule has 0 saturated carbocycles. The molecule has 2 rings (SSSR count). The Morgan fingerprint density at radius 3 is 2.94 bits per heavy atom. The molecule has 0 aromatic carbocycles. The van der Waals surface area contributed by atoms with Crippen LogP contribution in [0.4, 0.5) is 0 Å². The molecule has 0 spiro atoms. The predicted octanol–water partition coefficient (Wildman–Crippen LogP) is 1.75. The fraction of sp³-hybridized carbons (Fsp3) is 0.417. The van der Waals surface area contributed by atoms with Crippen molar-refractivity contribution in [2.45, 2.75) is 32.9 Å². The highest BCUT2D eigenvalue weighted by Crippen LogP contribution is 2.22. The van der Waals surface area contributed by atoms with E-state index in [4.69, 9.17) is 10.3 Å². The second-order valence-corrected chi connectivity index (χ2v) is 4.08. The quantitative estimate of drug-likeness (QED) is 0.611. The predicted molar refractivity (Wildman–Crippen MR) is 65.1 cm³/mol. The lowest BCUT2D eigenvalue weighted by molar-refractivity contribution is 0.434. The van der Waals surface area contributed by atoms with Crippen LogP contribution < -0.4 is 11.3 Å². The van der Waals surface area contributed by atoms with Crippen LogP contribution in [0.15, 0.2) is 28.9 Å². The van der Waals surface area contributed by atoms with Gasteiger partial charge in [0.05, 0.1) is 6.20 Å². The first kappa shape index (κ1) is 11.9. The molecule has 0 radical (unpaired) electrons. The van der Waals surface area contributed by atoms with Crippen LogP contribution in [0, 0.1) is 6.92 Å². The average molecular weight is 234 g/mol. The molecule has 0 fully saturated rings. The molecular formula is C12H18N4O. The number of aromatic nitrogens is 2. The van der Waals surface area contributed by atoms with Gasteiger partial charge in [0.1, 0.15) is 17.6 Å². The zero-order chi connectivity index (χ0) is 12.3. The molecule has 3 N–H and O–H groups in total. The zero-order valence-corrected chi connectivity index (χ0v) is 10.2. The molecule has 0 aliphatic heterocycles. The minimum Gasteiger partial charge on any atom is -0.464 e. The van der Waals surface area contributed by atoms with Crippen LogP contribution in [0.2, 0.25) is 0 Å². The Bertz CT molecular complexity index is 474. The van der Waals surface area contributed by atoms with Crippen LogP contribution in [0.1, 0.15) is 36.5 Å². The lowest BCUT2D eigenvalue weighted by atomic mass is 10.1. The lowest BCUT2D eigenvalue weighted by Crippen LogP contribution is -2.28. The second-order valence-electron chi connectivity index (χ2n) is 4.08. The smallest absolute Gasteiger partial charge is 0.127 e. The summed E-state index contributed by atoms with van der Waals surface area (Å²) < 4.78 is 7.49. The number of hydrazine groups is 1. The van der Waals surface area contributed by atoms with Crippen molar-refractivity contribution in [2.24, 2.45) is 5.84 Å². The van der Waals surface area contributed by atoms with Crippen LogP contribution >= 0.6 is 0 Å². The van der Waals surface area contributed by atoms with Gasteiger partial charge < -0.3 is 4.42 Å². The SMILES string of the molecule is CCCn1cc(C(NN)c2ccc(C)o2)cn1. The molecule has 2 aromatic rings. The first-order valence-electron chi connectivity index (χ1n) is 5.79. The molecule has 2 heterocycles. The fourth-order valence-electron chi connectivity index (χ4n) is 1.83. The van der Waals surface area contributed by atoms with E-state index in [2.05, 4.69) is 17.4 Å². The molecule has 0 aliphatic carbocycles. The summed E-state index contributed by atoms with van der Waals surface area (Å²) in [6.07, 6.45) is 4.87. The topological polar surface area (TPSA) is 69.0 Å². The Morgan fingerprint density at radius 2 is 2.35 bits per heavy atom.